The van der Waals surface area contributed by atoms with Crippen LogP contribution in [0.25, 0.3) is 10.9 Å². The minimum atomic E-state index is 1.12. The Hall–Kier alpha value is -0.540. The lowest BCUT2D eigenvalue weighted by atomic mass is 10.1. The molecule has 19 heavy (non-hydrogen) atoms. The van der Waals surface area contributed by atoms with Crippen molar-refractivity contribution in [3.63, 3.8) is 0 Å². The number of pyridine rings is 1. The van der Waals surface area contributed by atoms with Crippen molar-refractivity contribution in [2.75, 3.05) is 11.1 Å². The van der Waals surface area contributed by atoms with Crippen LogP contribution in [-0.4, -0.2) is 16.1 Å². The van der Waals surface area contributed by atoms with Crippen LogP contribution in [0.1, 0.15) is 31.2 Å². The first-order valence-electron chi connectivity index (χ1n) is 6.85. The van der Waals surface area contributed by atoms with Gasteiger partial charge in [0.15, 0.2) is 0 Å². The molecule has 0 bridgehead atoms. The summed E-state index contributed by atoms with van der Waals surface area (Å²) in [4.78, 5) is 5.82. The van der Waals surface area contributed by atoms with Gasteiger partial charge in [0, 0.05) is 21.8 Å². The molecule has 1 heterocycles. The van der Waals surface area contributed by atoms with E-state index < -0.39 is 0 Å². The van der Waals surface area contributed by atoms with Crippen LogP contribution in [-0.2, 0) is 0 Å². The molecular weight excluding hydrogens is 318 g/mol. The molecule has 0 saturated heterocycles. The maximum Gasteiger partial charge on any atom is 0.0715 e. The van der Waals surface area contributed by atoms with Gasteiger partial charge in [-0.15, -0.1) is 11.8 Å². The molecule has 1 aromatic heterocycles. The van der Waals surface area contributed by atoms with E-state index in [0.29, 0.717) is 0 Å². The largest absolute Gasteiger partial charge is 0.256 e. The van der Waals surface area contributed by atoms with Crippen LogP contribution in [0.4, 0.5) is 0 Å². The summed E-state index contributed by atoms with van der Waals surface area (Å²) >= 11 is 5.44. The highest BCUT2D eigenvalue weighted by molar-refractivity contribution is 9.09. The Morgan fingerprint density at radius 2 is 1.95 bits per heavy atom. The molecule has 0 aliphatic rings. The zero-order chi connectivity index (χ0) is 13.5. The Morgan fingerprint density at radius 1 is 1.11 bits per heavy atom. The first kappa shape index (κ1) is 14.9. The normalized spacial score (nSPS) is 11.1. The zero-order valence-corrected chi connectivity index (χ0v) is 13.8. The molecule has 0 fully saturated rings. The van der Waals surface area contributed by atoms with Gasteiger partial charge in [-0.05, 0) is 43.2 Å². The van der Waals surface area contributed by atoms with Gasteiger partial charge < -0.3 is 0 Å². The van der Waals surface area contributed by atoms with Gasteiger partial charge >= 0.3 is 0 Å². The number of rotatable bonds is 7. The van der Waals surface area contributed by atoms with E-state index in [1.165, 1.54) is 47.3 Å². The average molecular weight is 338 g/mol. The van der Waals surface area contributed by atoms with E-state index in [4.69, 9.17) is 0 Å². The van der Waals surface area contributed by atoms with Gasteiger partial charge in [-0.25, -0.2) is 0 Å². The average Bonchev–Trinajstić information content (AvgIpc) is 2.42. The third-order valence-corrected chi connectivity index (χ3v) is 4.86. The second-order valence-electron chi connectivity index (χ2n) is 4.78. The molecule has 0 spiro atoms. The number of hydrogen-bond acceptors (Lipinski definition) is 2. The summed E-state index contributed by atoms with van der Waals surface area (Å²) < 4.78 is 0. The van der Waals surface area contributed by atoms with Crippen LogP contribution in [0.5, 0.6) is 0 Å². The summed E-state index contributed by atoms with van der Waals surface area (Å²) in [6.45, 7) is 2.12. The highest BCUT2D eigenvalue weighted by Gasteiger charge is 2.02. The fourth-order valence-electron chi connectivity index (χ4n) is 2.09. The third-order valence-electron chi connectivity index (χ3n) is 3.14. The molecule has 0 aliphatic carbocycles. The molecule has 0 atom stereocenters. The van der Waals surface area contributed by atoms with Gasteiger partial charge in [0.2, 0.25) is 0 Å². The molecule has 1 aromatic carbocycles. The van der Waals surface area contributed by atoms with E-state index >= 15 is 0 Å². The molecule has 102 valence electrons. The fraction of sp³-hybridized carbons (Fsp3) is 0.438. The number of alkyl halides is 1. The first-order valence-corrected chi connectivity index (χ1v) is 8.96. The SMILES string of the molecule is Cc1ccc2c(SCCCCCCBr)ccnc2c1. The second-order valence-corrected chi connectivity index (χ2v) is 6.71. The minimum Gasteiger partial charge on any atom is -0.256 e. The number of fused-ring (bicyclic) bond motifs is 1. The molecule has 0 amide bonds. The molecule has 2 rings (SSSR count). The Balaban J connectivity index is 1.93. The highest BCUT2D eigenvalue weighted by Crippen LogP contribution is 2.28. The molecule has 0 saturated carbocycles. The smallest absolute Gasteiger partial charge is 0.0715 e. The Kier molecular flexibility index (Phi) is 6.18. The van der Waals surface area contributed by atoms with Gasteiger partial charge in [0.05, 0.1) is 5.52 Å². The summed E-state index contributed by atoms with van der Waals surface area (Å²) in [7, 11) is 0. The van der Waals surface area contributed by atoms with Crippen molar-refractivity contribution in [1.29, 1.82) is 0 Å². The van der Waals surface area contributed by atoms with E-state index in [-0.39, 0.29) is 0 Å². The van der Waals surface area contributed by atoms with Gasteiger partial charge in [-0.3, -0.25) is 4.98 Å². The predicted molar refractivity (Wildman–Crippen MR) is 89.5 cm³/mol. The van der Waals surface area contributed by atoms with Gasteiger partial charge in [-0.2, -0.15) is 0 Å². The standard InChI is InChI=1S/C16H20BrNS/c1-13-6-7-14-15(12-13)18-10-8-16(14)19-11-5-3-2-4-9-17/h6-8,10,12H,2-5,9,11H2,1H3. The number of benzene rings is 1. The van der Waals surface area contributed by atoms with E-state index in [0.717, 1.165) is 10.8 Å². The number of unbranched alkanes of at least 4 members (excludes halogenated alkanes) is 3. The van der Waals surface area contributed by atoms with Crippen LogP contribution in [0, 0.1) is 6.92 Å². The van der Waals surface area contributed by atoms with Crippen LogP contribution in [0.2, 0.25) is 0 Å². The van der Waals surface area contributed by atoms with Crippen molar-refractivity contribution in [2.24, 2.45) is 0 Å². The lowest BCUT2D eigenvalue weighted by molar-refractivity contribution is 0.713. The molecule has 2 aromatic rings. The summed E-state index contributed by atoms with van der Waals surface area (Å²) in [5.74, 6) is 1.20. The summed E-state index contributed by atoms with van der Waals surface area (Å²) in [5, 5.41) is 2.42. The minimum absolute atomic E-state index is 1.12. The third kappa shape index (κ3) is 4.50. The summed E-state index contributed by atoms with van der Waals surface area (Å²) in [6, 6.07) is 8.67. The summed E-state index contributed by atoms with van der Waals surface area (Å²) in [5.41, 5.74) is 2.39. The first-order chi connectivity index (χ1) is 9.31. The van der Waals surface area contributed by atoms with Crippen molar-refractivity contribution in [1.82, 2.24) is 4.98 Å². The van der Waals surface area contributed by atoms with E-state index in [9.17, 15) is 0 Å². The second kappa shape index (κ2) is 7.91. The van der Waals surface area contributed by atoms with Crippen LogP contribution in [0.15, 0.2) is 35.4 Å². The Morgan fingerprint density at radius 3 is 2.79 bits per heavy atom. The van der Waals surface area contributed by atoms with Crippen LogP contribution in [0.3, 0.4) is 0 Å². The van der Waals surface area contributed by atoms with Gasteiger partial charge in [0.25, 0.3) is 0 Å². The Bertz CT molecular complexity index is 527. The number of thioether (sulfide) groups is 1. The fourth-order valence-corrected chi connectivity index (χ4v) is 3.54. The quantitative estimate of drug-likeness (QED) is 0.371. The number of aromatic nitrogens is 1. The van der Waals surface area contributed by atoms with Crippen molar-refractivity contribution in [3.05, 3.63) is 36.0 Å². The van der Waals surface area contributed by atoms with Crippen molar-refractivity contribution in [2.45, 2.75) is 37.5 Å². The zero-order valence-electron chi connectivity index (χ0n) is 11.4. The summed E-state index contributed by atoms with van der Waals surface area (Å²) in [6.07, 6.45) is 7.19. The lowest BCUT2D eigenvalue weighted by Crippen LogP contribution is -1.86. The van der Waals surface area contributed by atoms with Gasteiger partial charge in [-0.1, -0.05) is 40.9 Å². The van der Waals surface area contributed by atoms with E-state index in [1.54, 1.807) is 0 Å². The predicted octanol–water partition coefficient (Wildman–Crippen LogP) is 5.59. The van der Waals surface area contributed by atoms with E-state index in [2.05, 4.69) is 52.1 Å². The molecule has 0 unspecified atom stereocenters. The molecule has 3 heteroatoms. The number of aryl methyl sites for hydroxylation is 1. The molecule has 0 N–H and O–H groups in total. The van der Waals surface area contributed by atoms with Crippen molar-refractivity contribution < 1.29 is 0 Å². The molecule has 0 aliphatic heterocycles. The maximum atomic E-state index is 4.45. The topological polar surface area (TPSA) is 12.9 Å². The van der Waals surface area contributed by atoms with Crippen molar-refractivity contribution >= 4 is 38.6 Å². The number of hydrogen-bond donors (Lipinski definition) is 0. The number of halogens is 1. The monoisotopic (exact) mass is 337 g/mol. The lowest BCUT2D eigenvalue weighted by Gasteiger charge is -2.06. The molecule has 1 nitrogen and oxygen atoms in total. The molecular formula is C16H20BrNS. The van der Waals surface area contributed by atoms with Crippen LogP contribution >= 0.6 is 27.7 Å². The van der Waals surface area contributed by atoms with E-state index in [1.807, 2.05) is 18.0 Å². The maximum absolute atomic E-state index is 4.45. The molecule has 0 radical (unpaired) electrons. The Labute approximate surface area is 128 Å². The van der Waals surface area contributed by atoms with Crippen molar-refractivity contribution in [3.8, 4) is 0 Å². The van der Waals surface area contributed by atoms with Gasteiger partial charge in [0.1, 0.15) is 0 Å². The number of nitrogens with zero attached hydrogens (tertiary/aromatic N) is 1. The van der Waals surface area contributed by atoms with Crippen LogP contribution < -0.4 is 0 Å². The highest BCUT2D eigenvalue weighted by atomic mass is 79.9.